The van der Waals surface area contributed by atoms with Crippen LogP contribution in [0.3, 0.4) is 0 Å². The molecule has 0 aliphatic carbocycles. The van der Waals surface area contributed by atoms with Gasteiger partial charge in [0, 0.05) is 17.7 Å². The third-order valence-electron chi connectivity index (χ3n) is 5.60. The average molecular weight is 505 g/mol. The zero-order valence-electron chi connectivity index (χ0n) is 20.6. The number of nitrogens with two attached hydrogens (primary N) is 1. The van der Waals surface area contributed by atoms with Gasteiger partial charge < -0.3 is 21.5 Å². The largest absolute Gasteiger partial charge is 0.391 e. The van der Waals surface area contributed by atoms with E-state index in [1.165, 1.54) is 6.92 Å². The Labute approximate surface area is 216 Å². The van der Waals surface area contributed by atoms with E-state index in [4.69, 9.17) is 10.6 Å². The first-order valence-corrected chi connectivity index (χ1v) is 12.0. The third-order valence-corrected chi connectivity index (χ3v) is 5.60. The quantitative estimate of drug-likeness (QED) is 0.189. The maximum absolute atomic E-state index is 12.7. The zero-order valence-corrected chi connectivity index (χ0v) is 20.6. The van der Waals surface area contributed by atoms with Crippen molar-refractivity contribution in [3.8, 4) is 11.1 Å². The Morgan fingerprint density at radius 3 is 1.97 bits per heavy atom. The molecule has 37 heavy (non-hydrogen) atoms. The third kappa shape index (κ3) is 8.25. The van der Waals surface area contributed by atoms with Gasteiger partial charge in [0.1, 0.15) is 6.04 Å². The Balaban J connectivity index is 1.56. The minimum Gasteiger partial charge on any atom is -0.391 e. The number of aliphatic hydroxyl groups is 1. The summed E-state index contributed by atoms with van der Waals surface area (Å²) in [7, 11) is 0. The molecule has 3 aromatic rings. The summed E-state index contributed by atoms with van der Waals surface area (Å²) in [6, 6.07) is 22.0. The van der Waals surface area contributed by atoms with E-state index in [9.17, 15) is 19.5 Å². The molecule has 0 aliphatic heterocycles. The lowest BCUT2D eigenvalue weighted by molar-refractivity contribution is -0.139. The molecule has 0 aromatic heterocycles. The van der Waals surface area contributed by atoms with Crippen LogP contribution < -0.4 is 21.8 Å². The predicted octanol–water partition coefficient (Wildman–Crippen LogP) is 2.16. The molecule has 9 nitrogen and oxygen atoms in total. The molecule has 0 saturated carbocycles. The van der Waals surface area contributed by atoms with Gasteiger partial charge in [-0.2, -0.15) is 0 Å². The summed E-state index contributed by atoms with van der Waals surface area (Å²) < 4.78 is 0. The fourth-order valence-electron chi connectivity index (χ4n) is 3.49. The molecule has 6 N–H and O–H groups in total. The van der Waals surface area contributed by atoms with Crippen LogP contribution in [0, 0.1) is 0 Å². The van der Waals surface area contributed by atoms with Gasteiger partial charge in [0.05, 0.1) is 12.7 Å². The van der Waals surface area contributed by atoms with E-state index in [0.717, 1.165) is 16.7 Å². The first-order valence-electron chi connectivity index (χ1n) is 12.0. The summed E-state index contributed by atoms with van der Waals surface area (Å²) in [5.41, 5.74) is 11.2. The number of aliphatic hydroxyl groups excluding tert-OH is 1. The molecule has 9 heteroatoms. The van der Waals surface area contributed by atoms with Gasteiger partial charge in [-0.15, -0.1) is 0 Å². The fraction of sp³-hybridized carbons (Fsp3) is 0.250. The number of nitrogens with one attached hydrogen (secondary N) is 3. The molecule has 0 fully saturated rings. The number of hydrogen-bond donors (Lipinski definition) is 5. The summed E-state index contributed by atoms with van der Waals surface area (Å²) in [5.74, 6) is -1.34. The maximum Gasteiger partial charge on any atom is 0.268 e. The van der Waals surface area contributed by atoms with Gasteiger partial charge >= 0.3 is 0 Å². The summed E-state index contributed by atoms with van der Waals surface area (Å²) in [6.45, 7) is 2.60. The molecule has 3 amide bonds. The highest BCUT2D eigenvalue weighted by molar-refractivity contribution is 5.98. The van der Waals surface area contributed by atoms with E-state index in [-0.39, 0.29) is 12.5 Å². The summed E-state index contributed by atoms with van der Waals surface area (Å²) >= 11 is 0. The number of amides is 3. The minimum absolute atomic E-state index is 0.147. The Hall–Kier alpha value is -4.05. The van der Waals surface area contributed by atoms with Crippen LogP contribution in [0.25, 0.3) is 11.1 Å². The number of carbonyl (C=O) groups excluding carboxylic acids is 3. The van der Waals surface area contributed by atoms with Crippen molar-refractivity contribution in [3.05, 3.63) is 95.6 Å². The van der Waals surface area contributed by atoms with E-state index < -0.39 is 24.0 Å². The lowest BCUT2D eigenvalue weighted by Gasteiger charge is -2.20. The molecule has 3 rings (SSSR count). The van der Waals surface area contributed by atoms with Gasteiger partial charge in [-0.05, 0) is 60.8 Å². The number of hydroxylamine groups is 1. The molecule has 3 aromatic carbocycles. The molecule has 0 unspecified atom stereocenters. The van der Waals surface area contributed by atoms with Crippen molar-refractivity contribution in [1.29, 1.82) is 0 Å². The summed E-state index contributed by atoms with van der Waals surface area (Å²) in [5, 5.41) is 15.4. The van der Waals surface area contributed by atoms with Crippen LogP contribution in [0.1, 0.15) is 39.6 Å². The number of carbonyl (C=O) groups is 3. The summed E-state index contributed by atoms with van der Waals surface area (Å²) in [6.07, 6.45) is -0.427. The Morgan fingerprint density at radius 2 is 1.43 bits per heavy atom. The van der Waals surface area contributed by atoms with Crippen molar-refractivity contribution in [1.82, 2.24) is 16.1 Å². The van der Waals surface area contributed by atoms with Crippen molar-refractivity contribution in [2.75, 3.05) is 13.1 Å². The molecule has 2 atom stereocenters. The molecule has 194 valence electrons. The van der Waals surface area contributed by atoms with Crippen LogP contribution >= 0.6 is 0 Å². The van der Waals surface area contributed by atoms with Gasteiger partial charge in [0.15, 0.2) is 0 Å². The van der Waals surface area contributed by atoms with Crippen molar-refractivity contribution >= 4 is 17.7 Å². The number of benzene rings is 3. The normalized spacial score (nSPS) is 12.3. The monoisotopic (exact) mass is 504 g/mol. The Morgan fingerprint density at radius 1 is 0.865 bits per heavy atom. The molecule has 0 saturated heterocycles. The lowest BCUT2D eigenvalue weighted by atomic mass is 10.0. The van der Waals surface area contributed by atoms with Crippen molar-refractivity contribution in [3.63, 3.8) is 0 Å². The summed E-state index contributed by atoms with van der Waals surface area (Å²) in [4.78, 5) is 42.6. The lowest BCUT2D eigenvalue weighted by Crippen LogP contribution is -2.52. The van der Waals surface area contributed by atoms with E-state index >= 15 is 0 Å². The fourth-order valence-corrected chi connectivity index (χ4v) is 3.49. The molecule has 0 bridgehead atoms. The molecule has 0 aliphatic rings. The first-order chi connectivity index (χ1) is 17.9. The molecule has 0 spiro atoms. The van der Waals surface area contributed by atoms with Crippen LogP contribution in [0.2, 0.25) is 0 Å². The molecule has 0 radical (unpaired) electrons. The standard InChI is InChI=1S/C28H32N4O5/c1-19(33)25(28(36)32-37-18-20-6-3-2-4-7-20)31-27(35)24-14-10-22(11-15-24)21-8-12-23(13-9-21)26(34)30-17-5-16-29/h2-4,6-15,19,25,33H,5,16-18,29H2,1H3,(H,30,34)(H,31,35)(H,32,36)/t19-,25+/m1/s1. The van der Waals surface area contributed by atoms with Crippen molar-refractivity contribution in [2.24, 2.45) is 5.73 Å². The second-order valence-corrected chi connectivity index (χ2v) is 8.49. The highest BCUT2D eigenvalue weighted by Gasteiger charge is 2.26. The van der Waals surface area contributed by atoms with Gasteiger partial charge in [-0.25, -0.2) is 5.48 Å². The highest BCUT2D eigenvalue weighted by Crippen LogP contribution is 2.20. The van der Waals surface area contributed by atoms with Crippen LogP contribution in [0.4, 0.5) is 0 Å². The Bertz CT molecular complexity index is 1170. The smallest absolute Gasteiger partial charge is 0.268 e. The number of hydrogen-bond acceptors (Lipinski definition) is 6. The van der Waals surface area contributed by atoms with Crippen LogP contribution in [0.15, 0.2) is 78.9 Å². The van der Waals surface area contributed by atoms with E-state index in [1.54, 1.807) is 36.4 Å². The topological polar surface area (TPSA) is 143 Å². The van der Waals surface area contributed by atoms with Crippen LogP contribution in [-0.4, -0.2) is 48.1 Å². The molecule has 0 heterocycles. The second-order valence-electron chi connectivity index (χ2n) is 8.49. The van der Waals surface area contributed by atoms with Crippen molar-refractivity contribution < 1.29 is 24.3 Å². The van der Waals surface area contributed by atoms with Crippen LogP contribution in [-0.2, 0) is 16.2 Å². The van der Waals surface area contributed by atoms with E-state index in [0.29, 0.717) is 30.6 Å². The average Bonchev–Trinajstić information content (AvgIpc) is 2.92. The predicted molar refractivity (Wildman–Crippen MR) is 140 cm³/mol. The van der Waals surface area contributed by atoms with Gasteiger partial charge in [-0.3, -0.25) is 19.2 Å². The van der Waals surface area contributed by atoms with E-state index in [2.05, 4.69) is 16.1 Å². The minimum atomic E-state index is -1.20. The SMILES string of the molecule is C[C@@H](O)[C@H](NC(=O)c1ccc(-c2ccc(C(=O)NCCCN)cc2)cc1)C(=O)NOCc1ccccc1. The van der Waals surface area contributed by atoms with Gasteiger partial charge in [0.2, 0.25) is 0 Å². The van der Waals surface area contributed by atoms with Crippen molar-refractivity contribution in [2.45, 2.75) is 32.1 Å². The first kappa shape index (κ1) is 27.5. The Kier molecular flexibility index (Phi) is 10.3. The maximum atomic E-state index is 12.7. The zero-order chi connectivity index (χ0) is 26.6. The van der Waals surface area contributed by atoms with E-state index in [1.807, 2.05) is 42.5 Å². The van der Waals surface area contributed by atoms with Gasteiger partial charge in [-0.1, -0.05) is 54.6 Å². The highest BCUT2D eigenvalue weighted by atomic mass is 16.7. The van der Waals surface area contributed by atoms with Gasteiger partial charge in [0.25, 0.3) is 17.7 Å². The number of rotatable bonds is 12. The molecular weight excluding hydrogens is 472 g/mol. The van der Waals surface area contributed by atoms with Crippen LogP contribution in [0.5, 0.6) is 0 Å². The molecular formula is C28H32N4O5. The second kappa shape index (κ2) is 13.9.